The standard InChI is InChI=1S/C20H27N5O4.ClH/c1-4-24(12-13-26)10-11-25-15-17(22(2)20(29)23(3)19(15)28)21-18(25)16(27)14-8-6-5-7-9-14;/h5-9,16,26-27H,4,10-13H2,1-3H3;1H. The van der Waals surface area contributed by atoms with E-state index in [9.17, 15) is 19.8 Å². The highest BCUT2D eigenvalue weighted by molar-refractivity contribution is 5.85. The molecule has 0 radical (unpaired) electrons. The SMILES string of the molecule is CCN(CCO)CCn1c(C(O)c2ccccc2)nc2c1c(=O)n(C)c(=O)n2C.Cl. The molecule has 2 aromatic heterocycles. The van der Waals surface area contributed by atoms with Crippen molar-refractivity contribution in [3.05, 3.63) is 62.6 Å². The van der Waals surface area contributed by atoms with Crippen LogP contribution in [-0.2, 0) is 20.6 Å². The van der Waals surface area contributed by atoms with Crippen molar-refractivity contribution < 1.29 is 10.2 Å². The zero-order valence-corrected chi connectivity index (χ0v) is 18.2. The molecule has 30 heavy (non-hydrogen) atoms. The number of benzene rings is 1. The Bertz CT molecular complexity index is 1110. The summed E-state index contributed by atoms with van der Waals surface area (Å²) >= 11 is 0. The molecule has 1 unspecified atom stereocenters. The Labute approximate surface area is 180 Å². The molecule has 1 aromatic carbocycles. The summed E-state index contributed by atoms with van der Waals surface area (Å²) in [5.41, 5.74) is 0.247. The summed E-state index contributed by atoms with van der Waals surface area (Å²) in [7, 11) is 2.99. The Balaban J connectivity index is 0.00000320. The maximum absolute atomic E-state index is 12.9. The molecule has 1 atom stereocenters. The van der Waals surface area contributed by atoms with Gasteiger partial charge in [-0.3, -0.25) is 18.8 Å². The Morgan fingerprint density at radius 1 is 1.10 bits per heavy atom. The van der Waals surface area contributed by atoms with E-state index in [0.717, 1.165) is 11.1 Å². The van der Waals surface area contributed by atoms with Crippen LogP contribution in [0.15, 0.2) is 39.9 Å². The lowest BCUT2D eigenvalue weighted by Gasteiger charge is -2.21. The van der Waals surface area contributed by atoms with E-state index in [1.807, 2.05) is 30.0 Å². The van der Waals surface area contributed by atoms with Gasteiger partial charge in [-0.1, -0.05) is 37.3 Å². The highest BCUT2D eigenvalue weighted by Gasteiger charge is 2.24. The third kappa shape index (κ3) is 4.34. The number of likely N-dealkylation sites (N-methyl/N-ethyl adjacent to an activating group) is 1. The fraction of sp³-hybridized carbons (Fsp3) is 0.450. The summed E-state index contributed by atoms with van der Waals surface area (Å²) in [5.74, 6) is 0.310. The van der Waals surface area contributed by atoms with Crippen LogP contribution in [-0.4, -0.2) is 60.0 Å². The van der Waals surface area contributed by atoms with Gasteiger partial charge in [-0.2, -0.15) is 0 Å². The third-order valence-corrected chi connectivity index (χ3v) is 5.24. The predicted octanol–water partition coefficient (Wildman–Crippen LogP) is 0.251. The van der Waals surface area contributed by atoms with E-state index < -0.39 is 17.4 Å². The molecular formula is C20H28ClN5O4. The molecule has 3 rings (SSSR count). The van der Waals surface area contributed by atoms with Gasteiger partial charge < -0.3 is 14.8 Å². The summed E-state index contributed by atoms with van der Waals surface area (Å²) in [4.78, 5) is 31.8. The largest absolute Gasteiger partial charge is 0.395 e. The van der Waals surface area contributed by atoms with E-state index in [1.165, 1.54) is 11.6 Å². The average molecular weight is 438 g/mol. The molecule has 0 fully saturated rings. The number of nitrogens with zero attached hydrogens (tertiary/aromatic N) is 5. The highest BCUT2D eigenvalue weighted by Crippen LogP contribution is 2.24. The third-order valence-electron chi connectivity index (χ3n) is 5.24. The van der Waals surface area contributed by atoms with Crippen LogP contribution in [0.5, 0.6) is 0 Å². The van der Waals surface area contributed by atoms with Gasteiger partial charge in [-0.25, -0.2) is 9.78 Å². The van der Waals surface area contributed by atoms with Crippen molar-refractivity contribution in [3.8, 4) is 0 Å². The van der Waals surface area contributed by atoms with Crippen LogP contribution in [0.2, 0.25) is 0 Å². The van der Waals surface area contributed by atoms with E-state index in [0.29, 0.717) is 31.0 Å². The lowest BCUT2D eigenvalue weighted by atomic mass is 10.1. The second kappa shape index (κ2) is 10.0. The summed E-state index contributed by atoms with van der Waals surface area (Å²) < 4.78 is 4.05. The zero-order chi connectivity index (χ0) is 21.1. The first-order valence-electron chi connectivity index (χ1n) is 9.63. The van der Waals surface area contributed by atoms with Gasteiger partial charge in [-0.15, -0.1) is 12.4 Å². The van der Waals surface area contributed by atoms with Crippen LogP contribution < -0.4 is 11.2 Å². The van der Waals surface area contributed by atoms with Gasteiger partial charge in [0.1, 0.15) is 11.9 Å². The van der Waals surface area contributed by atoms with E-state index >= 15 is 0 Å². The lowest BCUT2D eigenvalue weighted by Crippen LogP contribution is -2.38. The number of imidazole rings is 1. The maximum Gasteiger partial charge on any atom is 0.332 e. The van der Waals surface area contributed by atoms with Crippen molar-refractivity contribution in [1.29, 1.82) is 0 Å². The van der Waals surface area contributed by atoms with Crippen LogP contribution >= 0.6 is 12.4 Å². The molecule has 0 saturated carbocycles. The number of halogens is 1. The quantitative estimate of drug-likeness (QED) is 0.523. The molecule has 0 amide bonds. The van der Waals surface area contributed by atoms with Gasteiger partial charge in [-0.05, 0) is 12.1 Å². The molecule has 0 aliphatic heterocycles. The molecule has 2 N–H and O–H groups in total. The van der Waals surface area contributed by atoms with Crippen LogP contribution in [0.4, 0.5) is 0 Å². The van der Waals surface area contributed by atoms with Gasteiger partial charge >= 0.3 is 5.69 Å². The van der Waals surface area contributed by atoms with Gasteiger partial charge in [0, 0.05) is 33.7 Å². The second-order valence-electron chi connectivity index (χ2n) is 6.97. The lowest BCUT2D eigenvalue weighted by molar-refractivity contribution is 0.188. The van der Waals surface area contributed by atoms with Crippen molar-refractivity contribution >= 4 is 23.6 Å². The fourth-order valence-electron chi connectivity index (χ4n) is 3.49. The van der Waals surface area contributed by atoms with E-state index in [2.05, 4.69) is 4.98 Å². The van der Waals surface area contributed by atoms with Gasteiger partial charge in [0.2, 0.25) is 0 Å². The molecule has 10 heteroatoms. The summed E-state index contributed by atoms with van der Waals surface area (Å²) in [5, 5.41) is 20.2. The molecule has 9 nitrogen and oxygen atoms in total. The van der Waals surface area contributed by atoms with Gasteiger partial charge in [0.15, 0.2) is 11.2 Å². The Morgan fingerprint density at radius 3 is 2.37 bits per heavy atom. The molecule has 2 heterocycles. The molecule has 0 aliphatic rings. The second-order valence-corrected chi connectivity index (χ2v) is 6.97. The highest BCUT2D eigenvalue weighted by atomic mass is 35.5. The van der Waals surface area contributed by atoms with Crippen molar-refractivity contribution in [2.75, 3.05) is 26.2 Å². The van der Waals surface area contributed by atoms with Crippen molar-refractivity contribution in [2.45, 2.75) is 19.6 Å². The van der Waals surface area contributed by atoms with Crippen LogP contribution in [0.25, 0.3) is 11.2 Å². The molecular weight excluding hydrogens is 410 g/mol. The summed E-state index contributed by atoms with van der Waals surface area (Å²) in [6, 6.07) is 9.07. The topological polar surface area (TPSA) is 106 Å². The number of rotatable bonds is 8. The average Bonchev–Trinajstić information content (AvgIpc) is 3.13. The van der Waals surface area contributed by atoms with E-state index in [1.54, 1.807) is 23.7 Å². The maximum atomic E-state index is 12.9. The Kier molecular flexibility index (Phi) is 7.96. The van der Waals surface area contributed by atoms with Crippen molar-refractivity contribution in [3.63, 3.8) is 0 Å². The number of aromatic nitrogens is 4. The number of fused-ring (bicyclic) bond motifs is 1. The van der Waals surface area contributed by atoms with E-state index in [4.69, 9.17) is 0 Å². The first kappa shape index (κ1) is 23.8. The number of aryl methyl sites for hydroxylation is 1. The van der Waals surface area contributed by atoms with E-state index in [-0.39, 0.29) is 30.2 Å². The minimum Gasteiger partial charge on any atom is -0.395 e. The van der Waals surface area contributed by atoms with Gasteiger partial charge in [0.25, 0.3) is 5.56 Å². The normalized spacial score (nSPS) is 12.3. The Morgan fingerprint density at radius 2 is 1.77 bits per heavy atom. The minimum absolute atomic E-state index is 0. The van der Waals surface area contributed by atoms with Crippen molar-refractivity contribution in [2.24, 2.45) is 14.1 Å². The molecule has 3 aromatic rings. The summed E-state index contributed by atoms with van der Waals surface area (Å²) in [6.07, 6.45) is -1.05. The molecule has 0 saturated heterocycles. The molecule has 164 valence electrons. The number of hydrogen-bond donors (Lipinski definition) is 2. The Hall–Kier alpha value is -2.46. The first-order chi connectivity index (χ1) is 13.9. The molecule has 0 spiro atoms. The molecule has 0 bridgehead atoms. The smallest absolute Gasteiger partial charge is 0.332 e. The predicted molar refractivity (Wildman–Crippen MR) is 117 cm³/mol. The number of hydrogen-bond acceptors (Lipinski definition) is 6. The van der Waals surface area contributed by atoms with Crippen LogP contribution in [0.1, 0.15) is 24.4 Å². The number of aliphatic hydroxyl groups excluding tert-OH is 2. The van der Waals surface area contributed by atoms with Crippen molar-refractivity contribution in [1.82, 2.24) is 23.6 Å². The molecule has 0 aliphatic carbocycles. The minimum atomic E-state index is -1.05. The zero-order valence-electron chi connectivity index (χ0n) is 17.4. The van der Waals surface area contributed by atoms with Gasteiger partial charge in [0.05, 0.1) is 6.61 Å². The first-order valence-corrected chi connectivity index (χ1v) is 9.63. The number of aliphatic hydroxyl groups is 2. The van der Waals surface area contributed by atoms with Crippen LogP contribution in [0.3, 0.4) is 0 Å². The summed E-state index contributed by atoms with van der Waals surface area (Å²) in [6.45, 7) is 4.22. The van der Waals surface area contributed by atoms with Crippen LogP contribution in [0, 0.1) is 0 Å². The fourth-order valence-corrected chi connectivity index (χ4v) is 3.49. The monoisotopic (exact) mass is 437 g/mol.